The van der Waals surface area contributed by atoms with Gasteiger partial charge in [0.2, 0.25) is 0 Å². The molecule has 0 radical (unpaired) electrons. The van der Waals surface area contributed by atoms with Gasteiger partial charge in [0, 0.05) is 12.8 Å². The summed E-state index contributed by atoms with van der Waals surface area (Å²) in [6.07, 6.45) is 4.48. The summed E-state index contributed by atoms with van der Waals surface area (Å²) in [6.45, 7) is 10.5. The van der Waals surface area contributed by atoms with Crippen molar-refractivity contribution in [3.05, 3.63) is 59.7 Å². The first-order valence-electron chi connectivity index (χ1n) is 11.2. The Morgan fingerprint density at radius 3 is 2.10 bits per heavy atom. The van der Waals surface area contributed by atoms with Gasteiger partial charge < -0.3 is 10.2 Å². The molecule has 3 atom stereocenters. The third kappa shape index (κ3) is 5.29. The van der Waals surface area contributed by atoms with Crippen molar-refractivity contribution in [2.45, 2.75) is 77.9 Å². The number of benzene rings is 2. The molecule has 0 aliphatic heterocycles. The summed E-state index contributed by atoms with van der Waals surface area (Å²) >= 11 is 0. The van der Waals surface area contributed by atoms with Crippen LogP contribution in [0.1, 0.15) is 65.0 Å². The zero-order valence-corrected chi connectivity index (χ0v) is 18.8. The Morgan fingerprint density at radius 1 is 0.966 bits per heavy atom. The Morgan fingerprint density at radius 2 is 1.52 bits per heavy atom. The highest BCUT2D eigenvalue weighted by Gasteiger charge is 2.43. The van der Waals surface area contributed by atoms with E-state index in [-0.39, 0.29) is 0 Å². The first-order chi connectivity index (χ1) is 13.6. The van der Waals surface area contributed by atoms with Crippen molar-refractivity contribution in [2.75, 3.05) is 0 Å². The van der Waals surface area contributed by atoms with Gasteiger partial charge in [-0.25, -0.2) is 0 Å². The molecule has 0 saturated heterocycles. The molecule has 1 aliphatic rings. The zero-order valence-electron chi connectivity index (χ0n) is 18.8. The standard InChI is InChI=1S/C27H38O2/c1-19(2)25-15-14-20(3)16-27(25,29)18-22-11-7-9-13-24(22)23-12-8-6-10-21(23)17-26(4,5)28/h6-13,19-20,25,28-29H,14-18H2,1-5H3/t20-,25+,27?/m1/s1. The normalized spacial score (nSPS) is 25.4. The van der Waals surface area contributed by atoms with E-state index < -0.39 is 11.2 Å². The third-order valence-corrected chi connectivity index (χ3v) is 6.61. The summed E-state index contributed by atoms with van der Waals surface area (Å²) in [7, 11) is 0. The Hall–Kier alpha value is -1.64. The summed E-state index contributed by atoms with van der Waals surface area (Å²) < 4.78 is 0. The van der Waals surface area contributed by atoms with Gasteiger partial charge in [0.05, 0.1) is 11.2 Å². The molecule has 0 bridgehead atoms. The van der Waals surface area contributed by atoms with Crippen molar-refractivity contribution in [2.24, 2.45) is 17.8 Å². The van der Waals surface area contributed by atoms with Crippen molar-refractivity contribution in [1.82, 2.24) is 0 Å². The molecule has 1 fully saturated rings. The van der Waals surface area contributed by atoms with Crippen LogP contribution < -0.4 is 0 Å². The SMILES string of the molecule is CC(C)[C@@H]1CC[C@@H](C)CC1(O)Cc1ccccc1-c1ccccc1CC(C)(C)O. The summed E-state index contributed by atoms with van der Waals surface area (Å²) in [5.74, 6) is 1.37. The molecule has 1 unspecified atom stereocenters. The zero-order chi connectivity index (χ0) is 21.2. The maximum atomic E-state index is 11.8. The molecule has 3 rings (SSSR count). The van der Waals surface area contributed by atoms with Crippen molar-refractivity contribution in [3.8, 4) is 11.1 Å². The molecule has 1 saturated carbocycles. The van der Waals surface area contributed by atoms with E-state index in [2.05, 4.69) is 63.2 Å². The number of hydrogen-bond acceptors (Lipinski definition) is 2. The summed E-state index contributed by atoms with van der Waals surface area (Å²) in [6, 6.07) is 16.9. The largest absolute Gasteiger partial charge is 0.390 e. The minimum atomic E-state index is -0.759. The highest BCUT2D eigenvalue weighted by molar-refractivity contribution is 5.71. The predicted molar refractivity (Wildman–Crippen MR) is 122 cm³/mol. The monoisotopic (exact) mass is 394 g/mol. The molecule has 0 amide bonds. The van der Waals surface area contributed by atoms with E-state index in [1.54, 1.807) is 0 Å². The highest BCUT2D eigenvalue weighted by atomic mass is 16.3. The quantitative estimate of drug-likeness (QED) is 0.628. The van der Waals surface area contributed by atoms with Crippen LogP contribution in [0, 0.1) is 17.8 Å². The third-order valence-electron chi connectivity index (χ3n) is 6.61. The molecule has 0 aromatic heterocycles. The van der Waals surface area contributed by atoms with E-state index in [0.29, 0.717) is 30.6 Å². The van der Waals surface area contributed by atoms with Crippen LogP contribution in [0.25, 0.3) is 11.1 Å². The van der Waals surface area contributed by atoms with Crippen LogP contribution in [-0.4, -0.2) is 21.4 Å². The topological polar surface area (TPSA) is 40.5 Å². The van der Waals surface area contributed by atoms with Gasteiger partial charge in [-0.2, -0.15) is 0 Å². The maximum Gasteiger partial charge on any atom is 0.0721 e. The number of rotatable bonds is 6. The molecule has 0 spiro atoms. The van der Waals surface area contributed by atoms with Crippen molar-refractivity contribution in [3.63, 3.8) is 0 Å². The molecule has 2 aromatic rings. The summed E-state index contributed by atoms with van der Waals surface area (Å²) in [5.41, 5.74) is 3.29. The Balaban J connectivity index is 2.00. The van der Waals surface area contributed by atoms with Crippen LogP contribution in [0.2, 0.25) is 0 Å². The average Bonchev–Trinajstić information content (AvgIpc) is 2.61. The molecule has 2 heteroatoms. The summed E-state index contributed by atoms with van der Waals surface area (Å²) in [4.78, 5) is 0. The van der Waals surface area contributed by atoms with Crippen molar-refractivity contribution in [1.29, 1.82) is 0 Å². The molecular formula is C27H38O2. The fraction of sp³-hybridized carbons (Fsp3) is 0.556. The lowest BCUT2D eigenvalue weighted by Crippen LogP contribution is -2.47. The van der Waals surface area contributed by atoms with E-state index in [9.17, 15) is 10.2 Å². The lowest BCUT2D eigenvalue weighted by molar-refractivity contribution is -0.0794. The number of hydrogen-bond donors (Lipinski definition) is 2. The van der Waals surface area contributed by atoms with E-state index in [1.807, 2.05) is 19.9 Å². The molecule has 158 valence electrons. The van der Waals surface area contributed by atoms with Gasteiger partial charge >= 0.3 is 0 Å². The van der Waals surface area contributed by atoms with Crippen molar-refractivity contribution >= 4 is 0 Å². The second kappa shape index (κ2) is 8.62. The lowest BCUT2D eigenvalue weighted by atomic mass is 9.64. The van der Waals surface area contributed by atoms with Gasteiger partial charge in [-0.1, -0.05) is 75.7 Å². The van der Waals surface area contributed by atoms with E-state index >= 15 is 0 Å². The highest BCUT2D eigenvalue weighted by Crippen LogP contribution is 2.44. The first-order valence-corrected chi connectivity index (χ1v) is 11.2. The molecule has 2 aromatic carbocycles. The van der Waals surface area contributed by atoms with Crippen LogP contribution in [0.15, 0.2) is 48.5 Å². The van der Waals surface area contributed by atoms with Gasteiger partial charge in [-0.05, 0) is 66.7 Å². The van der Waals surface area contributed by atoms with Gasteiger partial charge in [0.25, 0.3) is 0 Å². The Labute approximate surface area is 177 Å². The number of aliphatic hydroxyl groups is 2. The lowest BCUT2D eigenvalue weighted by Gasteiger charge is -2.45. The predicted octanol–water partition coefficient (Wildman–Crippen LogP) is 6.03. The maximum absolute atomic E-state index is 11.8. The van der Waals surface area contributed by atoms with Gasteiger partial charge in [-0.3, -0.25) is 0 Å². The summed E-state index contributed by atoms with van der Waals surface area (Å²) in [5, 5.41) is 22.2. The second-order valence-corrected chi connectivity index (χ2v) is 10.3. The second-order valence-electron chi connectivity index (χ2n) is 10.3. The minimum absolute atomic E-state index is 0.332. The van der Waals surface area contributed by atoms with Crippen LogP contribution >= 0.6 is 0 Å². The Bertz CT molecular complexity index is 817. The van der Waals surface area contributed by atoms with E-state index in [0.717, 1.165) is 18.4 Å². The van der Waals surface area contributed by atoms with Crippen LogP contribution in [-0.2, 0) is 12.8 Å². The van der Waals surface area contributed by atoms with Crippen LogP contribution in [0.3, 0.4) is 0 Å². The first kappa shape index (κ1) is 22.1. The fourth-order valence-corrected chi connectivity index (χ4v) is 5.42. The van der Waals surface area contributed by atoms with E-state index in [4.69, 9.17) is 0 Å². The minimum Gasteiger partial charge on any atom is -0.390 e. The molecule has 2 nitrogen and oxygen atoms in total. The molecule has 0 heterocycles. The van der Waals surface area contributed by atoms with Gasteiger partial charge in [0.1, 0.15) is 0 Å². The average molecular weight is 395 g/mol. The van der Waals surface area contributed by atoms with Gasteiger partial charge in [-0.15, -0.1) is 0 Å². The molecule has 29 heavy (non-hydrogen) atoms. The molecule has 1 aliphatic carbocycles. The molecule has 2 N–H and O–H groups in total. The Kier molecular flexibility index (Phi) is 6.55. The smallest absolute Gasteiger partial charge is 0.0721 e. The van der Waals surface area contributed by atoms with Crippen LogP contribution in [0.4, 0.5) is 0 Å². The van der Waals surface area contributed by atoms with Crippen molar-refractivity contribution < 1.29 is 10.2 Å². The van der Waals surface area contributed by atoms with Crippen LogP contribution in [0.5, 0.6) is 0 Å². The fourth-order valence-electron chi connectivity index (χ4n) is 5.42. The molecular weight excluding hydrogens is 356 g/mol. The van der Waals surface area contributed by atoms with E-state index in [1.165, 1.54) is 23.1 Å². The van der Waals surface area contributed by atoms with Gasteiger partial charge in [0.15, 0.2) is 0 Å².